The zero-order chi connectivity index (χ0) is 20.9. The molecular formula is C22H23N5O2S. The Kier molecular flexibility index (Phi) is 4.53. The van der Waals surface area contributed by atoms with Gasteiger partial charge in [-0.25, -0.2) is 17.4 Å². The molecular weight excluding hydrogens is 398 g/mol. The molecule has 0 amide bonds. The molecule has 0 radical (unpaired) electrons. The van der Waals surface area contributed by atoms with E-state index in [2.05, 4.69) is 21.3 Å². The van der Waals surface area contributed by atoms with Crippen LogP contribution < -0.4 is 10.2 Å². The minimum absolute atomic E-state index is 0.208. The number of benzene rings is 1. The lowest BCUT2D eigenvalue weighted by molar-refractivity contribution is 0.494. The molecule has 0 bridgehead atoms. The van der Waals surface area contributed by atoms with E-state index in [9.17, 15) is 13.7 Å². The maximum atomic E-state index is 13.2. The predicted molar refractivity (Wildman–Crippen MR) is 115 cm³/mol. The van der Waals surface area contributed by atoms with Crippen LogP contribution in [0.1, 0.15) is 18.4 Å². The number of rotatable bonds is 4. The number of pyridine rings is 1. The van der Waals surface area contributed by atoms with Gasteiger partial charge in [0, 0.05) is 30.9 Å². The van der Waals surface area contributed by atoms with Crippen molar-refractivity contribution in [3.63, 3.8) is 0 Å². The van der Waals surface area contributed by atoms with Gasteiger partial charge >= 0.3 is 0 Å². The molecule has 7 nitrogen and oxygen atoms in total. The first-order chi connectivity index (χ1) is 14.5. The van der Waals surface area contributed by atoms with Crippen LogP contribution in [0.4, 0.5) is 5.69 Å². The summed E-state index contributed by atoms with van der Waals surface area (Å²) in [6, 6.07) is 12.7. The average molecular weight is 422 g/mol. The fourth-order valence-electron chi connectivity index (χ4n) is 5.04. The topological polar surface area (TPSA) is 91.0 Å². The van der Waals surface area contributed by atoms with Crippen molar-refractivity contribution < 1.29 is 8.42 Å². The van der Waals surface area contributed by atoms with Crippen molar-refractivity contribution in [3.8, 4) is 6.07 Å². The van der Waals surface area contributed by atoms with Gasteiger partial charge in [-0.15, -0.1) is 0 Å². The molecule has 1 aliphatic carbocycles. The number of nitrogens with one attached hydrogen (secondary N) is 1. The molecule has 0 spiro atoms. The zero-order valence-electron chi connectivity index (χ0n) is 16.7. The SMILES string of the molecule is CN(c1c(C#N)cnc2c1ccn2S(=O)(=O)c1ccccc1)C1CC2CNC[C@H]2C1. The van der Waals surface area contributed by atoms with E-state index in [-0.39, 0.29) is 4.90 Å². The lowest BCUT2D eigenvalue weighted by atomic mass is 10.0. The summed E-state index contributed by atoms with van der Waals surface area (Å²) < 4.78 is 27.6. The first-order valence-electron chi connectivity index (χ1n) is 10.1. The fourth-order valence-corrected chi connectivity index (χ4v) is 6.37. The van der Waals surface area contributed by atoms with Gasteiger partial charge in [0.05, 0.1) is 16.1 Å². The summed E-state index contributed by atoms with van der Waals surface area (Å²) in [6.45, 7) is 2.11. The Morgan fingerprint density at radius 3 is 2.53 bits per heavy atom. The first kappa shape index (κ1) is 19.1. The van der Waals surface area contributed by atoms with Gasteiger partial charge in [0.25, 0.3) is 10.0 Å². The van der Waals surface area contributed by atoms with Crippen LogP contribution in [0.25, 0.3) is 11.0 Å². The molecule has 2 aromatic heterocycles. The molecule has 5 rings (SSSR count). The molecule has 1 aromatic carbocycles. The van der Waals surface area contributed by atoms with Gasteiger partial charge in [0.15, 0.2) is 5.65 Å². The Labute approximate surface area is 176 Å². The van der Waals surface area contributed by atoms with E-state index in [4.69, 9.17) is 0 Å². The van der Waals surface area contributed by atoms with Crippen molar-refractivity contribution >= 4 is 26.7 Å². The largest absolute Gasteiger partial charge is 0.370 e. The molecule has 1 N–H and O–H groups in total. The number of nitriles is 1. The van der Waals surface area contributed by atoms with E-state index in [1.54, 1.807) is 36.4 Å². The summed E-state index contributed by atoms with van der Waals surface area (Å²) in [5.41, 5.74) is 1.58. The second-order valence-electron chi connectivity index (χ2n) is 8.21. The normalized spacial score (nSPS) is 23.4. The van der Waals surface area contributed by atoms with Gasteiger partial charge in [-0.1, -0.05) is 18.2 Å². The van der Waals surface area contributed by atoms with Crippen molar-refractivity contribution in [3.05, 3.63) is 54.4 Å². The van der Waals surface area contributed by atoms with Crippen LogP contribution >= 0.6 is 0 Å². The van der Waals surface area contributed by atoms with E-state index < -0.39 is 10.0 Å². The molecule has 30 heavy (non-hydrogen) atoms. The lowest BCUT2D eigenvalue weighted by Crippen LogP contribution is -2.32. The van der Waals surface area contributed by atoms with Crippen molar-refractivity contribution in [2.45, 2.75) is 23.8 Å². The highest BCUT2D eigenvalue weighted by molar-refractivity contribution is 7.90. The maximum Gasteiger partial charge on any atom is 0.269 e. The van der Waals surface area contributed by atoms with Gasteiger partial charge < -0.3 is 10.2 Å². The Hall–Kier alpha value is -2.89. The number of hydrogen-bond acceptors (Lipinski definition) is 6. The predicted octanol–water partition coefficient (Wildman–Crippen LogP) is 2.58. The summed E-state index contributed by atoms with van der Waals surface area (Å²) in [4.78, 5) is 6.73. The third-order valence-corrected chi connectivity index (χ3v) is 8.28. The Balaban J connectivity index is 1.60. The molecule has 154 valence electrons. The summed E-state index contributed by atoms with van der Waals surface area (Å²) in [5, 5.41) is 13.9. The zero-order valence-corrected chi connectivity index (χ0v) is 17.5. The highest BCUT2D eigenvalue weighted by atomic mass is 32.2. The Morgan fingerprint density at radius 2 is 1.87 bits per heavy atom. The molecule has 3 atom stereocenters. The third-order valence-electron chi connectivity index (χ3n) is 6.60. The Morgan fingerprint density at radius 1 is 1.17 bits per heavy atom. The smallest absolute Gasteiger partial charge is 0.269 e. The monoisotopic (exact) mass is 421 g/mol. The van der Waals surface area contributed by atoms with E-state index in [1.807, 2.05) is 7.05 Å². The molecule has 1 aliphatic heterocycles. The van der Waals surface area contributed by atoms with Crippen molar-refractivity contribution in [1.29, 1.82) is 5.26 Å². The second-order valence-corrected chi connectivity index (χ2v) is 10.0. The number of hydrogen-bond donors (Lipinski definition) is 1. The number of nitrogens with zero attached hydrogens (tertiary/aromatic N) is 4. The van der Waals surface area contributed by atoms with E-state index in [1.165, 1.54) is 16.4 Å². The number of aromatic nitrogens is 2. The van der Waals surface area contributed by atoms with Crippen LogP contribution in [-0.4, -0.2) is 43.6 Å². The van der Waals surface area contributed by atoms with Crippen LogP contribution in [0.15, 0.2) is 53.7 Å². The van der Waals surface area contributed by atoms with Crippen LogP contribution in [0, 0.1) is 23.2 Å². The second kappa shape index (κ2) is 7.11. The quantitative estimate of drug-likeness (QED) is 0.696. The molecule has 1 saturated heterocycles. The molecule has 2 unspecified atom stereocenters. The molecule has 1 saturated carbocycles. The third kappa shape index (κ3) is 2.89. The van der Waals surface area contributed by atoms with Crippen LogP contribution in [0.5, 0.6) is 0 Å². The van der Waals surface area contributed by atoms with E-state index >= 15 is 0 Å². The minimum atomic E-state index is -3.77. The van der Waals surface area contributed by atoms with Crippen LogP contribution in [0.3, 0.4) is 0 Å². The number of fused-ring (bicyclic) bond motifs is 2. The van der Waals surface area contributed by atoms with Crippen molar-refractivity contribution in [2.75, 3.05) is 25.0 Å². The Bertz CT molecular complexity index is 1230. The summed E-state index contributed by atoms with van der Waals surface area (Å²) in [6.07, 6.45) is 5.17. The molecule has 2 aliphatic rings. The van der Waals surface area contributed by atoms with Gasteiger partial charge in [0.2, 0.25) is 0 Å². The van der Waals surface area contributed by atoms with Crippen molar-refractivity contribution in [1.82, 2.24) is 14.3 Å². The van der Waals surface area contributed by atoms with E-state index in [0.29, 0.717) is 34.5 Å². The van der Waals surface area contributed by atoms with E-state index in [0.717, 1.165) is 31.6 Å². The highest BCUT2D eigenvalue weighted by Gasteiger charge is 2.39. The fraction of sp³-hybridized carbons (Fsp3) is 0.364. The number of anilines is 1. The summed E-state index contributed by atoms with van der Waals surface area (Å²) in [7, 11) is -1.76. The van der Waals surface area contributed by atoms with Crippen LogP contribution in [0.2, 0.25) is 0 Å². The van der Waals surface area contributed by atoms with Gasteiger partial charge in [0.1, 0.15) is 6.07 Å². The molecule has 2 fully saturated rings. The van der Waals surface area contributed by atoms with Gasteiger partial charge in [-0.3, -0.25) is 0 Å². The highest BCUT2D eigenvalue weighted by Crippen LogP contribution is 2.40. The van der Waals surface area contributed by atoms with Gasteiger partial charge in [-0.2, -0.15) is 5.26 Å². The molecule has 3 aromatic rings. The first-order valence-corrected chi connectivity index (χ1v) is 11.6. The minimum Gasteiger partial charge on any atom is -0.370 e. The van der Waals surface area contributed by atoms with Gasteiger partial charge in [-0.05, 0) is 56.0 Å². The average Bonchev–Trinajstić information content (AvgIpc) is 3.47. The summed E-state index contributed by atoms with van der Waals surface area (Å²) in [5.74, 6) is 1.34. The maximum absolute atomic E-state index is 13.2. The lowest BCUT2D eigenvalue weighted by Gasteiger charge is -2.29. The standard InChI is InChI=1S/C22H23N5O2S/c1-26(18-9-15-12-24-13-16(15)10-18)21-17(11-23)14-25-22-20(21)7-8-27(22)30(28,29)19-5-3-2-4-6-19/h2-8,14-16,18,24H,9-10,12-13H2,1H3/t15-,16?,18?/m1/s1. The molecule has 8 heteroatoms. The molecule has 3 heterocycles. The summed E-state index contributed by atoms with van der Waals surface area (Å²) >= 11 is 0. The van der Waals surface area contributed by atoms with Crippen LogP contribution in [-0.2, 0) is 10.0 Å². The van der Waals surface area contributed by atoms with Crippen molar-refractivity contribution in [2.24, 2.45) is 11.8 Å².